The van der Waals surface area contributed by atoms with Crippen LogP contribution in [0.5, 0.6) is 0 Å². The highest BCUT2D eigenvalue weighted by molar-refractivity contribution is 5.69. The van der Waals surface area contributed by atoms with Gasteiger partial charge in [-0.1, -0.05) is 0 Å². The van der Waals surface area contributed by atoms with Crippen molar-refractivity contribution in [2.45, 2.75) is 103 Å². The van der Waals surface area contributed by atoms with Gasteiger partial charge in [0.25, 0.3) is 0 Å². The second kappa shape index (κ2) is 13.3. The van der Waals surface area contributed by atoms with E-state index in [1.165, 1.54) is 0 Å². The van der Waals surface area contributed by atoms with E-state index in [1.807, 2.05) is 0 Å². The fourth-order valence-corrected chi connectivity index (χ4v) is 4.60. The Balaban J connectivity index is 2.02. The van der Waals surface area contributed by atoms with Gasteiger partial charge in [0.2, 0.25) is 0 Å². The summed E-state index contributed by atoms with van der Waals surface area (Å²) < 4.78 is 55.4. The lowest BCUT2D eigenvalue weighted by Gasteiger charge is -2.46. The van der Waals surface area contributed by atoms with Crippen LogP contribution in [0.3, 0.4) is 0 Å². The van der Waals surface area contributed by atoms with Gasteiger partial charge in [-0.2, -0.15) is 0 Å². The molecule has 224 valence electrons. The summed E-state index contributed by atoms with van der Waals surface area (Å²) >= 11 is 0. The Labute approximate surface area is 228 Å². The van der Waals surface area contributed by atoms with Crippen LogP contribution in [-0.2, 0) is 76.1 Å². The fourth-order valence-electron chi connectivity index (χ4n) is 4.60. The molecule has 0 N–H and O–H groups in total. The topological polar surface area (TPSA) is 195 Å². The van der Waals surface area contributed by atoms with Crippen LogP contribution in [0.15, 0.2) is 0 Å². The van der Waals surface area contributed by atoms with E-state index in [2.05, 4.69) is 0 Å². The third-order valence-electron chi connectivity index (χ3n) is 5.86. The average molecular weight is 577 g/mol. The van der Waals surface area contributed by atoms with Crippen molar-refractivity contribution >= 4 is 35.8 Å². The molecule has 0 aromatic rings. The Morgan fingerprint density at radius 2 is 1.05 bits per heavy atom. The van der Waals surface area contributed by atoms with Crippen LogP contribution in [0.1, 0.15) is 41.5 Å². The molecule has 16 nitrogen and oxygen atoms in total. The van der Waals surface area contributed by atoms with Crippen LogP contribution in [0, 0.1) is 0 Å². The maximum Gasteiger partial charge on any atom is 0.303 e. The first-order valence-corrected chi connectivity index (χ1v) is 12.3. The van der Waals surface area contributed by atoms with Crippen molar-refractivity contribution < 1.29 is 76.1 Å². The second-order valence-corrected chi connectivity index (χ2v) is 9.19. The highest BCUT2D eigenvalue weighted by atomic mass is 16.8. The molecule has 3 fully saturated rings. The van der Waals surface area contributed by atoms with Crippen molar-refractivity contribution in [3.8, 4) is 0 Å². The summed E-state index contributed by atoms with van der Waals surface area (Å²) in [6.45, 7) is 6.12. The number of carbonyl (C=O) groups is 6. The van der Waals surface area contributed by atoms with Crippen molar-refractivity contribution in [2.24, 2.45) is 0 Å². The van der Waals surface area contributed by atoms with Crippen LogP contribution >= 0.6 is 0 Å². The molecule has 0 spiro atoms. The number of hydrogen-bond acceptors (Lipinski definition) is 16. The van der Waals surface area contributed by atoms with Crippen LogP contribution in [-0.4, -0.2) is 110 Å². The molecule has 0 saturated carbocycles. The van der Waals surface area contributed by atoms with Gasteiger partial charge in [0, 0.05) is 41.5 Å². The summed E-state index contributed by atoms with van der Waals surface area (Å²) in [5.41, 5.74) is 0. The summed E-state index contributed by atoms with van der Waals surface area (Å²) in [5.74, 6) is -4.61. The smallest absolute Gasteiger partial charge is 0.303 e. The molecule has 10 atom stereocenters. The molecule has 0 amide bonds. The number of fused-ring (bicyclic) bond motifs is 2. The van der Waals surface area contributed by atoms with Crippen molar-refractivity contribution in [1.29, 1.82) is 0 Å². The van der Waals surface area contributed by atoms with Gasteiger partial charge in [0.05, 0.1) is 6.61 Å². The van der Waals surface area contributed by atoms with Gasteiger partial charge in [0.1, 0.15) is 24.9 Å². The average Bonchev–Trinajstić information content (AvgIpc) is 3.26. The number of hydrogen-bond donors (Lipinski definition) is 0. The van der Waals surface area contributed by atoms with E-state index in [0.29, 0.717) is 0 Å². The molecule has 16 heteroatoms. The third kappa shape index (κ3) is 7.87. The molecule has 0 aromatic carbocycles. The van der Waals surface area contributed by atoms with Gasteiger partial charge in [-0.05, 0) is 0 Å². The highest BCUT2D eigenvalue weighted by Crippen LogP contribution is 2.37. The molecular weight excluding hydrogens is 544 g/mol. The summed E-state index contributed by atoms with van der Waals surface area (Å²) in [5, 5.41) is 0. The monoisotopic (exact) mass is 576 g/mol. The van der Waals surface area contributed by atoms with Crippen molar-refractivity contribution in [3.05, 3.63) is 0 Å². The van der Waals surface area contributed by atoms with E-state index in [0.717, 1.165) is 41.5 Å². The van der Waals surface area contributed by atoms with E-state index in [-0.39, 0.29) is 6.61 Å². The van der Waals surface area contributed by atoms with Gasteiger partial charge < -0.3 is 47.4 Å². The normalized spacial score (nSPS) is 34.6. The van der Waals surface area contributed by atoms with E-state index in [9.17, 15) is 28.8 Å². The largest absolute Gasteiger partial charge is 0.463 e. The first-order valence-electron chi connectivity index (χ1n) is 12.3. The molecular formula is C24H32O16. The van der Waals surface area contributed by atoms with Crippen LogP contribution < -0.4 is 0 Å². The predicted octanol–water partition coefficient (Wildman–Crippen LogP) is -0.927. The minimum absolute atomic E-state index is 0.0594. The summed E-state index contributed by atoms with van der Waals surface area (Å²) in [6.07, 6.45) is -13.0. The van der Waals surface area contributed by atoms with Crippen molar-refractivity contribution in [2.75, 3.05) is 13.2 Å². The fraction of sp³-hybridized carbons (Fsp3) is 0.750. The Morgan fingerprint density at radius 3 is 1.57 bits per heavy atom. The zero-order valence-electron chi connectivity index (χ0n) is 22.7. The van der Waals surface area contributed by atoms with Gasteiger partial charge in [-0.25, -0.2) is 0 Å². The van der Waals surface area contributed by atoms with Gasteiger partial charge in [-0.3, -0.25) is 28.8 Å². The number of rotatable bonds is 9. The SMILES string of the molecule is CC(=O)OC[C@H]1O[C@@H](O[C@H]2[C@H](OC(C)=O)[C@@H](OC(C)=O)[C@@H]3OC[C@H]2O3)[C@H](OC(C)=O)[C@@H](OC(C)=O)[C@H]1OC(C)=O. The molecule has 0 aromatic heterocycles. The summed E-state index contributed by atoms with van der Waals surface area (Å²) in [6, 6.07) is 0. The zero-order valence-corrected chi connectivity index (χ0v) is 22.7. The Hall–Kier alpha value is -3.34. The Morgan fingerprint density at radius 1 is 0.575 bits per heavy atom. The summed E-state index contributed by atoms with van der Waals surface area (Å²) in [7, 11) is 0. The molecule has 3 aliphatic rings. The van der Waals surface area contributed by atoms with Crippen LogP contribution in [0.2, 0.25) is 0 Å². The second-order valence-electron chi connectivity index (χ2n) is 9.19. The zero-order chi connectivity index (χ0) is 29.7. The minimum Gasteiger partial charge on any atom is -0.463 e. The Kier molecular flexibility index (Phi) is 10.4. The van der Waals surface area contributed by atoms with E-state index in [1.54, 1.807) is 0 Å². The lowest BCUT2D eigenvalue weighted by molar-refractivity contribution is -0.340. The van der Waals surface area contributed by atoms with E-state index >= 15 is 0 Å². The first kappa shape index (κ1) is 31.2. The van der Waals surface area contributed by atoms with Crippen LogP contribution in [0.25, 0.3) is 0 Å². The molecule has 2 bridgehead atoms. The molecule has 3 saturated heterocycles. The van der Waals surface area contributed by atoms with Gasteiger partial charge >= 0.3 is 35.8 Å². The maximum atomic E-state index is 12.1. The molecule has 3 rings (SSSR count). The quantitative estimate of drug-likeness (QED) is 0.241. The molecule has 3 aliphatic heterocycles. The molecule has 40 heavy (non-hydrogen) atoms. The standard InChI is InChI=1S/C24H32O16/c1-9(25)31-7-15-17(33-10(2)26)19(34-11(3)27)22(37-14(6)30)24(39-15)40-18-16-8-32-23(38-16)21(36-13(5)29)20(18)35-12(4)28/h15-24H,7-8H2,1-6H3/t15-,16-,17+,18-,19+,20+,21-,22-,23-,24+/m1/s1. The molecule has 0 aliphatic carbocycles. The van der Waals surface area contributed by atoms with E-state index in [4.69, 9.17) is 47.4 Å². The van der Waals surface area contributed by atoms with Crippen LogP contribution in [0.4, 0.5) is 0 Å². The predicted molar refractivity (Wildman–Crippen MR) is 123 cm³/mol. The van der Waals surface area contributed by atoms with Gasteiger partial charge in [0.15, 0.2) is 43.1 Å². The minimum atomic E-state index is -1.59. The van der Waals surface area contributed by atoms with Crippen molar-refractivity contribution in [1.82, 2.24) is 0 Å². The van der Waals surface area contributed by atoms with E-state index < -0.39 is 104 Å². The van der Waals surface area contributed by atoms with Gasteiger partial charge in [-0.15, -0.1) is 0 Å². The number of carbonyl (C=O) groups excluding carboxylic acids is 6. The number of esters is 6. The Bertz CT molecular complexity index is 995. The summed E-state index contributed by atoms with van der Waals surface area (Å²) in [4.78, 5) is 71.4. The first-order chi connectivity index (χ1) is 18.8. The number of ether oxygens (including phenoxy) is 10. The maximum absolute atomic E-state index is 12.1. The lowest BCUT2D eigenvalue weighted by atomic mass is 9.96. The molecule has 3 heterocycles. The lowest BCUT2D eigenvalue weighted by Crippen LogP contribution is -2.65. The van der Waals surface area contributed by atoms with Crippen molar-refractivity contribution in [3.63, 3.8) is 0 Å². The molecule has 0 radical (unpaired) electrons. The third-order valence-corrected chi connectivity index (χ3v) is 5.86. The molecule has 0 unspecified atom stereocenters. The highest BCUT2D eigenvalue weighted by Gasteiger charge is 2.59.